The minimum atomic E-state index is -5.47. The molecule has 0 aliphatic rings. The molecule has 0 saturated heterocycles. The standard InChI is InChI=1S/C18H15F2O3P/c19-13-10-11-15(17(20)12-13)16-8-4-5-9-18(16)24(21,22,23)14-6-2-1-3-7-14/h1-12,21-23H. The molecule has 0 aliphatic heterocycles. The normalized spacial score (nSPS) is 13.3. The van der Waals surface area contributed by atoms with Crippen LogP contribution in [0.1, 0.15) is 0 Å². The van der Waals surface area contributed by atoms with E-state index in [9.17, 15) is 23.5 Å². The predicted octanol–water partition coefficient (Wildman–Crippen LogP) is 2.86. The van der Waals surface area contributed by atoms with Crippen LogP contribution in [0, 0.1) is 11.6 Å². The van der Waals surface area contributed by atoms with Crippen LogP contribution in [-0.4, -0.2) is 14.7 Å². The van der Waals surface area contributed by atoms with Crippen molar-refractivity contribution in [3.8, 4) is 11.1 Å². The van der Waals surface area contributed by atoms with Gasteiger partial charge in [-0.3, -0.25) is 0 Å². The van der Waals surface area contributed by atoms with Crippen LogP contribution in [0.25, 0.3) is 11.1 Å². The van der Waals surface area contributed by atoms with Crippen molar-refractivity contribution in [3.63, 3.8) is 0 Å². The van der Waals surface area contributed by atoms with Crippen LogP contribution < -0.4 is 10.6 Å². The second-order valence-corrected chi connectivity index (χ2v) is 8.42. The Kier molecular flexibility index (Phi) is 3.98. The van der Waals surface area contributed by atoms with Crippen molar-refractivity contribution in [2.45, 2.75) is 0 Å². The zero-order valence-corrected chi connectivity index (χ0v) is 13.4. The first kappa shape index (κ1) is 16.7. The van der Waals surface area contributed by atoms with E-state index in [-0.39, 0.29) is 21.7 Å². The van der Waals surface area contributed by atoms with E-state index in [0.717, 1.165) is 6.07 Å². The molecule has 0 amide bonds. The van der Waals surface area contributed by atoms with E-state index in [1.54, 1.807) is 24.3 Å². The first-order valence-electron chi connectivity index (χ1n) is 7.15. The molecule has 0 atom stereocenters. The van der Waals surface area contributed by atoms with Gasteiger partial charge in [0.25, 0.3) is 0 Å². The van der Waals surface area contributed by atoms with Gasteiger partial charge < -0.3 is 0 Å². The summed E-state index contributed by atoms with van der Waals surface area (Å²) in [5.74, 6) is -1.60. The summed E-state index contributed by atoms with van der Waals surface area (Å²) in [6.45, 7) is 0. The molecule has 3 aromatic rings. The Morgan fingerprint density at radius 3 is 1.96 bits per heavy atom. The molecule has 6 heteroatoms. The van der Waals surface area contributed by atoms with E-state index in [1.165, 1.54) is 36.4 Å². The van der Waals surface area contributed by atoms with Crippen LogP contribution in [0.15, 0.2) is 72.8 Å². The maximum atomic E-state index is 14.2. The fourth-order valence-corrected chi connectivity index (χ4v) is 4.61. The Morgan fingerprint density at radius 2 is 1.29 bits per heavy atom. The van der Waals surface area contributed by atoms with Crippen molar-refractivity contribution in [3.05, 3.63) is 84.4 Å². The second kappa shape index (κ2) is 5.72. The number of hydrogen-bond donors (Lipinski definition) is 3. The third kappa shape index (κ3) is 2.83. The molecule has 0 heterocycles. The van der Waals surface area contributed by atoms with Crippen molar-refractivity contribution < 1.29 is 23.5 Å². The van der Waals surface area contributed by atoms with Crippen LogP contribution in [0.2, 0.25) is 0 Å². The second-order valence-electron chi connectivity index (χ2n) is 5.46. The van der Waals surface area contributed by atoms with Crippen molar-refractivity contribution >= 4 is 17.9 Å². The van der Waals surface area contributed by atoms with Crippen molar-refractivity contribution in [1.82, 2.24) is 0 Å². The first-order valence-corrected chi connectivity index (χ1v) is 9.25. The molecule has 3 aromatic carbocycles. The molecule has 0 bridgehead atoms. The molecule has 3 nitrogen and oxygen atoms in total. The van der Waals surface area contributed by atoms with Crippen LogP contribution in [-0.2, 0) is 0 Å². The van der Waals surface area contributed by atoms with Crippen LogP contribution >= 0.6 is 7.28 Å². The van der Waals surface area contributed by atoms with Crippen molar-refractivity contribution in [2.75, 3.05) is 0 Å². The Bertz CT molecular complexity index is 890. The molecule has 3 rings (SSSR count). The van der Waals surface area contributed by atoms with Gasteiger partial charge >= 0.3 is 137 Å². The monoisotopic (exact) mass is 348 g/mol. The van der Waals surface area contributed by atoms with Crippen LogP contribution in [0.5, 0.6) is 0 Å². The van der Waals surface area contributed by atoms with Gasteiger partial charge in [-0.15, -0.1) is 0 Å². The van der Waals surface area contributed by atoms with Crippen LogP contribution in [0.4, 0.5) is 8.78 Å². The van der Waals surface area contributed by atoms with E-state index in [4.69, 9.17) is 0 Å². The molecule has 24 heavy (non-hydrogen) atoms. The number of benzene rings is 3. The zero-order chi connectivity index (χ0) is 17.4. The number of hydrogen-bond acceptors (Lipinski definition) is 3. The van der Waals surface area contributed by atoms with E-state index >= 15 is 0 Å². The zero-order valence-electron chi connectivity index (χ0n) is 12.5. The fraction of sp³-hybridized carbons (Fsp3) is 0. The molecule has 0 aromatic heterocycles. The molecule has 0 fully saturated rings. The average molecular weight is 348 g/mol. The van der Waals surface area contributed by atoms with Gasteiger partial charge in [0.05, 0.1) is 0 Å². The van der Waals surface area contributed by atoms with E-state index in [1.807, 2.05) is 0 Å². The summed E-state index contributed by atoms with van der Waals surface area (Å²) in [6, 6.07) is 16.4. The van der Waals surface area contributed by atoms with Gasteiger partial charge in [-0.05, 0) is 0 Å². The van der Waals surface area contributed by atoms with Gasteiger partial charge in [0.2, 0.25) is 0 Å². The van der Waals surface area contributed by atoms with Gasteiger partial charge in [-0.2, -0.15) is 0 Å². The summed E-state index contributed by atoms with van der Waals surface area (Å²) in [7, 11) is -5.47. The Morgan fingerprint density at radius 1 is 0.667 bits per heavy atom. The molecule has 3 N–H and O–H groups in total. The van der Waals surface area contributed by atoms with Crippen molar-refractivity contribution in [2.24, 2.45) is 0 Å². The Balaban J connectivity index is 2.27. The molecule has 0 spiro atoms. The minimum absolute atomic E-state index is 0.0333. The molecule has 0 saturated carbocycles. The summed E-state index contributed by atoms with van der Waals surface area (Å²) in [4.78, 5) is 32.3. The maximum absolute atomic E-state index is 14.2. The first-order chi connectivity index (χ1) is 11.3. The molecular formula is C18H15F2O3P. The topological polar surface area (TPSA) is 60.7 Å². The summed E-state index contributed by atoms with van der Waals surface area (Å²) in [5, 5.41) is -0.279. The predicted molar refractivity (Wildman–Crippen MR) is 91.1 cm³/mol. The average Bonchev–Trinajstić information content (AvgIpc) is 2.55. The quantitative estimate of drug-likeness (QED) is 0.638. The molecule has 0 unspecified atom stereocenters. The Labute approximate surface area is 137 Å². The molecule has 124 valence electrons. The van der Waals surface area contributed by atoms with E-state index < -0.39 is 18.9 Å². The van der Waals surface area contributed by atoms with E-state index in [0.29, 0.717) is 6.07 Å². The molecular weight excluding hydrogens is 333 g/mol. The fourth-order valence-electron chi connectivity index (χ4n) is 2.61. The summed E-state index contributed by atoms with van der Waals surface area (Å²) in [5.41, 5.74) is 0.0538. The van der Waals surface area contributed by atoms with Gasteiger partial charge in [0.15, 0.2) is 0 Å². The van der Waals surface area contributed by atoms with Gasteiger partial charge in [0, 0.05) is 0 Å². The molecule has 0 radical (unpaired) electrons. The van der Waals surface area contributed by atoms with Crippen LogP contribution in [0.3, 0.4) is 0 Å². The summed E-state index contributed by atoms with van der Waals surface area (Å²) >= 11 is 0. The van der Waals surface area contributed by atoms with Crippen molar-refractivity contribution in [1.29, 1.82) is 0 Å². The Hall–Kier alpha value is -2.17. The summed E-state index contributed by atoms with van der Waals surface area (Å²) in [6.07, 6.45) is 0. The van der Waals surface area contributed by atoms with Gasteiger partial charge in [-0.25, -0.2) is 0 Å². The third-order valence-electron chi connectivity index (χ3n) is 3.80. The number of rotatable bonds is 3. The summed E-state index contributed by atoms with van der Waals surface area (Å²) < 4.78 is 27.3. The van der Waals surface area contributed by atoms with E-state index in [2.05, 4.69) is 0 Å². The SMILES string of the molecule is OP(O)(O)(c1ccccc1)c1ccccc1-c1ccc(F)cc1F. The third-order valence-corrected chi connectivity index (χ3v) is 6.33. The number of halogens is 2. The molecule has 0 aliphatic carbocycles. The van der Waals surface area contributed by atoms with Gasteiger partial charge in [-0.1, -0.05) is 0 Å². The van der Waals surface area contributed by atoms with Gasteiger partial charge in [0.1, 0.15) is 0 Å².